The molecule has 6 heteroatoms. The van der Waals surface area contributed by atoms with Crippen LogP contribution in [-0.2, 0) is 16.0 Å². The van der Waals surface area contributed by atoms with E-state index in [9.17, 15) is 19.2 Å². The first-order valence-electron chi connectivity index (χ1n) is 10.8. The van der Waals surface area contributed by atoms with Crippen LogP contribution < -0.4 is 5.32 Å². The number of Topliss-reactive ketones (excluding diaryl/α,β-unsaturated/α-hetero) is 1. The fourth-order valence-corrected chi connectivity index (χ4v) is 3.87. The molecule has 0 unspecified atom stereocenters. The largest absolute Gasteiger partial charge is 0.454 e. The molecule has 0 saturated carbocycles. The summed E-state index contributed by atoms with van der Waals surface area (Å²) in [6.07, 6.45) is 1.59. The highest BCUT2D eigenvalue weighted by Gasteiger charge is 2.27. The number of esters is 1. The molecule has 166 valence electrons. The average molecular weight is 441 g/mol. The Hall–Kier alpha value is -4.06. The fourth-order valence-electron chi connectivity index (χ4n) is 3.87. The molecular weight excluding hydrogens is 418 g/mol. The minimum atomic E-state index is -0.649. The molecular formula is C27H23NO5. The highest BCUT2D eigenvalue weighted by Crippen LogP contribution is 2.36. The Morgan fingerprint density at radius 1 is 0.818 bits per heavy atom. The smallest absolute Gasteiger partial charge is 0.338 e. The minimum Gasteiger partial charge on any atom is -0.454 e. The summed E-state index contributed by atoms with van der Waals surface area (Å²) >= 11 is 0. The number of benzene rings is 3. The van der Waals surface area contributed by atoms with Gasteiger partial charge in [0.1, 0.15) is 0 Å². The number of carbonyl (C=O) groups is 4. The first-order chi connectivity index (χ1) is 15.9. The molecule has 0 saturated heterocycles. The SMILES string of the molecule is CC(=O)NCCCc1ccc(C(=O)COC(=O)c2ccc3c(c2)C(=O)c2ccccc2-3)cc1. The lowest BCUT2D eigenvalue weighted by Crippen LogP contribution is -2.21. The summed E-state index contributed by atoms with van der Waals surface area (Å²) < 4.78 is 5.21. The van der Waals surface area contributed by atoms with Crippen LogP contribution in [0.5, 0.6) is 0 Å². The van der Waals surface area contributed by atoms with Crippen LogP contribution >= 0.6 is 0 Å². The van der Waals surface area contributed by atoms with Gasteiger partial charge < -0.3 is 10.1 Å². The molecule has 0 aliphatic heterocycles. The highest BCUT2D eigenvalue weighted by atomic mass is 16.5. The highest BCUT2D eigenvalue weighted by molar-refractivity contribution is 6.22. The summed E-state index contributed by atoms with van der Waals surface area (Å²) in [4.78, 5) is 48.4. The Morgan fingerprint density at radius 2 is 1.48 bits per heavy atom. The van der Waals surface area contributed by atoms with E-state index in [2.05, 4.69) is 5.32 Å². The summed E-state index contributed by atoms with van der Waals surface area (Å²) in [6.45, 7) is 1.70. The predicted octanol–water partition coefficient (Wildman–Crippen LogP) is 4.01. The van der Waals surface area contributed by atoms with Gasteiger partial charge in [-0.25, -0.2) is 4.79 Å². The second kappa shape index (κ2) is 9.61. The van der Waals surface area contributed by atoms with Gasteiger partial charge in [-0.15, -0.1) is 0 Å². The van der Waals surface area contributed by atoms with Crippen molar-refractivity contribution in [3.63, 3.8) is 0 Å². The Bertz CT molecular complexity index is 1240. The van der Waals surface area contributed by atoms with Crippen molar-refractivity contribution in [2.24, 2.45) is 0 Å². The van der Waals surface area contributed by atoms with Crippen LogP contribution in [0.25, 0.3) is 11.1 Å². The van der Waals surface area contributed by atoms with Crippen molar-refractivity contribution in [1.82, 2.24) is 5.32 Å². The molecule has 33 heavy (non-hydrogen) atoms. The molecule has 0 fully saturated rings. The lowest BCUT2D eigenvalue weighted by atomic mass is 10.0. The van der Waals surface area contributed by atoms with Gasteiger partial charge >= 0.3 is 5.97 Å². The average Bonchev–Trinajstić information content (AvgIpc) is 3.12. The van der Waals surface area contributed by atoms with Gasteiger partial charge in [0.15, 0.2) is 18.2 Å². The number of carbonyl (C=O) groups excluding carboxylic acids is 4. The van der Waals surface area contributed by atoms with Crippen LogP contribution in [0.3, 0.4) is 0 Å². The van der Waals surface area contributed by atoms with E-state index in [4.69, 9.17) is 4.74 Å². The van der Waals surface area contributed by atoms with Crippen LogP contribution in [0.15, 0.2) is 66.7 Å². The summed E-state index contributed by atoms with van der Waals surface area (Å²) in [5.74, 6) is -1.13. The second-order valence-electron chi connectivity index (χ2n) is 7.92. The van der Waals surface area contributed by atoms with E-state index in [1.807, 2.05) is 30.3 Å². The molecule has 0 radical (unpaired) electrons. The van der Waals surface area contributed by atoms with Gasteiger partial charge in [0.05, 0.1) is 5.56 Å². The molecule has 0 atom stereocenters. The molecule has 3 aromatic rings. The standard InChI is InChI=1S/C27H23NO5/c1-17(29)28-14-4-5-18-8-10-19(11-9-18)25(30)16-33-27(32)20-12-13-22-21-6-2-3-7-23(21)26(31)24(22)15-20/h2-3,6-13,15H,4-5,14,16H2,1H3,(H,28,29). The maximum atomic E-state index is 12.6. The topological polar surface area (TPSA) is 89.5 Å². The Labute approximate surface area is 191 Å². The second-order valence-corrected chi connectivity index (χ2v) is 7.92. The van der Waals surface area contributed by atoms with E-state index in [0.29, 0.717) is 23.2 Å². The van der Waals surface area contributed by atoms with Crippen LogP contribution in [0.1, 0.15) is 55.5 Å². The van der Waals surface area contributed by atoms with E-state index in [1.54, 1.807) is 30.3 Å². The summed E-state index contributed by atoms with van der Waals surface area (Å²) in [6, 6.07) is 19.3. The number of hydrogen-bond acceptors (Lipinski definition) is 5. The molecule has 0 bridgehead atoms. The minimum absolute atomic E-state index is 0.0536. The van der Waals surface area contributed by atoms with Gasteiger partial charge in [0, 0.05) is 30.2 Å². The summed E-state index contributed by atoms with van der Waals surface area (Å²) in [5.41, 5.74) is 4.47. The van der Waals surface area contributed by atoms with Crippen LogP contribution in [0.2, 0.25) is 0 Å². The molecule has 4 rings (SSSR count). The first-order valence-corrected chi connectivity index (χ1v) is 10.8. The van der Waals surface area contributed by atoms with Crippen LogP contribution in [0.4, 0.5) is 0 Å². The number of aryl methyl sites for hydroxylation is 1. The number of hydrogen-bond donors (Lipinski definition) is 1. The number of nitrogens with one attached hydrogen (secondary N) is 1. The quantitative estimate of drug-likeness (QED) is 0.254. The van der Waals surface area contributed by atoms with Crippen molar-refractivity contribution in [1.29, 1.82) is 0 Å². The maximum absolute atomic E-state index is 12.6. The zero-order valence-corrected chi connectivity index (χ0v) is 18.2. The van der Waals surface area contributed by atoms with Crippen molar-refractivity contribution in [2.75, 3.05) is 13.2 Å². The first kappa shape index (κ1) is 22.1. The molecule has 0 aromatic heterocycles. The maximum Gasteiger partial charge on any atom is 0.338 e. The van der Waals surface area contributed by atoms with Crippen molar-refractivity contribution in [3.05, 3.63) is 94.5 Å². The number of amides is 1. The van der Waals surface area contributed by atoms with Crippen LogP contribution in [-0.4, -0.2) is 36.6 Å². The Balaban J connectivity index is 1.33. The Morgan fingerprint density at radius 3 is 2.21 bits per heavy atom. The van der Waals surface area contributed by atoms with Crippen molar-refractivity contribution in [2.45, 2.75) is 19.8 Å². The normalized spacial score (nSPS) is 11.5. The molecule has 1 amide bonds. The van der Waals surface area contributed by atoms with E-state index in [-0.39, 0.29) is 29.6 Å². The molecule has 1 N–H and O–H groups in total. The van der Waals surface area contributed by atoms with Gasteiger partial charge in [-0.05, 0) is 41.7 Å². The van der Waals surface area contributed by atoms with Gasteiger partial charge in [-0.3, -0.25) is 14.4 Å². The van der Waals surface area contributed by atoms with Gasteiger partial charge in [0.2, 0.25) is 5.91 Å². The molecule has 1 aliphatic rings. The zero-order valence-electron chi connectivity index (χ0n) is 18.2. The zero-order chi connectivity index (χ0) is 23.4. The van der Waals surface area contributed by atoms with Gasteiger partial charge in [-0.1, -0.05) is 54.6 Å². The third kappa shape index (κ3) is 4.90. The van der Waals surface area contributed by atoms with Gasteiger partial charge in [-0.2, -0.15) is 0 Å². The number of rotatable bonds is 8. The number of ketones is 2. The monoisotopic (exact) mass is 441 g/mol. The summed E-state index contributed by atoms with van der Waals surface area (Å²) in [5, 5.41) is 2.75. The third-order valence-electron chi connectivity index (χ3n) is 5.59. The molecule has 3 aromatic carbocycles. The van der Waals surface area contributed by atoms with Gasteiger partial charge in [0.25, 0.3) is 0 Å². The number of ether oxygens (including phenoxy) is 1. The number of fused-ring (bicyclic) bond motifs is 3. The summed E-state index contributed by atoms with van der Waals surface area (Å²) in [7, 11) is 0. The van der Waals surface area contributed by atoms with E-state index in [0.717, 1.165) is 29.5 Å². The lowest BCUT2D eigenvalue weighted by Gasteiger charge is -2.07. The van der Waals surface area contributed by atoms with Crippen molar-refractivity contribution >= 4 is 23.4 Å². The molecule has 6 nitrogen and oxygen atoms in total. The molecule has 1 aliphatic carbocycles. The fraction of sp³-hybridized carbons (Fsp3) is 0.185. The Kier molecular flexibility index (Phi) is 6.45. The van der Waals surface area contributed by atoms with Crippen LogP contribution in [0, 0.1) is 0 Å². The molecule has 0 heterocycles. The van der Waals surface area contributed by atoms with E-state index >= 15 is 0 Å². The van der Waals surface area contributed by atoms with Crippen molar-refractivity contribution < 1.29 is 23.9 Å². The lowest BCUT2D eigenvalue weighted by molar-refractivity contribution is -0.118. The van der Waals surface area contributed by atoms with E-state index in [1.165, 1.54) is 13.0 Å². The predicted molar refractivity (Wildman–Crippen MR) is 123 cm³/mol. The van der Waals surface area contributed by atoms with Crippen molar-refractivity contribution in [3.8, 4) is 11.1 Å². The third-order valence-corrected chi connectivity index (χ3v) is 5.59. The van der Waals surface area contributed by atoms with E-state index < -0.39 is 5.97 Å². The molecule has 0 spiro atoms.